The Morgan fingerprint density at radius 2 is 1.70 bits per heavy atom. The fourth-order valence-electron chi connectivity index (χ4n) is 3.97. The first-order valence-electron chi connectivity index (χ1n) is 9.58. The van der Waals surface area contributed by atoms with E-state index in [4.69, 9.17) is 28.4 Å². The van der Waals surface area contributed by atoms with Crippen molar-refractivity contribution in [2.45, 2.75) is 12.5 Å². The van der Waals surface area contributed by atoms with Crippen LogP contribution in [0.2, 0.25) is 0 Å². The number of carbonyl (C=O) groups excluding carboxylic acids is 1. The second-order valence-electron chi connectivity index (χ2n) is 7.20. The smallest absolute Gasteiger partial charge is 0.309 e. The van der Waals surface area contributed by atoms with E-state index < -0.39 is 17.9 Å². The maximum absolute atomic E-state index is 12.5. The van der Waals surface area contributed by atoms with Crippen molar-refractivity contribution in [3.05, 3.63) is 41.5 Å². The zero-order chi connectivity index (χ0) is 21.3. The minimum Gasteiger partial charge on any atom is -0.493 e. The summed E-state index contributed by atoms with van der Waals surface area (Å²) in [7, 11) is 4.61. The van der Waals surface area contributed by atoms with Gasteiger partial charge in [0.25, 0.3) is 0 Å². The van der Waals surface area contributed by atoms with Crippen LogP contribution >= 0.6 is 0 Å². The lowest BCUT2D eigenvalue weighted by Crippen LogP contribution is -2.24. The highest BCUT2D eigenvalue weighted by Crippen LogP contribution is 2.42. The Morgan fingerprint density at radius 3 is 2.37 bits per heavy atom. The van der Waals surface area contributed by atoms with E-state index in [1.807, 2.05) is 0 Å². The van der Waals surface area contributed by atoms with E-state index in [0.717, 1.165) is 5.56 Å². The molecule has 0 spiro atoms. The van der Waals surface area contributed by atoms with Crippen LogP contribution in [-0.4, -0.2) is 45.8 Å². The zero-order valence-electron chi connectivity index (χ0n) is 17.0. The van der Waals surface area contributed by atoms with Crippen LogP contribution in [0.3, 0.4) is 0 Å². The van der Waals surface area contributed by atoms with Crippen LogP contribution in [0.1, 0.15) is 17.2 Å². The number of aliphatic hydroxyl groups is 1. The van der Waals surface area contributed by atoms with Gasteiger partial charge in [0, 0.05) is 5.92 Å². The van der Waals surface area contributed by atoms with E-state index >= 15 is 0 Å². The third-order valence-corrected chi connectivity index (χ3v) is 5.56. The van der Waals surface area contributed by atoms with E-state index in [1.165, 1.54) is 21.3 Å². The van der Waals surface area contributed by atoms with Crippen LogP contribution in [-0.2, 0) is 16.0 Å². The molecule has 2 aliphatic heterocycles. The fourth-order valence-corrected chi connectivity index (χ4v) is 3.97. The maximum Gasteiger partial charge on any atom is 0.309 e. The number of ether oxygens (including phenoxy) is 6. The molecule has 0 aliphatic carbocycles. The largest absolute Gasteiger partial charge is 0.493 e. The molecule has 0 radical (unpaired) electrons. The number of rotatable bonds is 7. The highest BCUT2D eigenvalue weighted by molar-refractivity contribution is 5.75. The Hall–Kier alpha value is -3.13. The van der Waals surface area contributed by atoms with E-state index in [2.05, 4.69) is 0 Å². The molecule has 2 aromatic carbocycles. The topological polar surface area (TPSA) is 92.7 Å². The van der Waals surface area contributed by atoms with Crippen LogP contribution in [0, 0.1) is 11.8 Å². The summed E-state index contributed by atoms with van der Waals surface area (Å²) in [5.41, 5.74) is 1.47. The molecule has 0 aromatic heterocycles. The molecule has 3 atom stereocenters. The molecule has 4 rings (SSSR count). The molecule has 0 saturated carbocycles. The molecule has 2 aliphatic rings. The Morgan fingerprint density at radius 1 is 1.00 bits per heavy atom. The summed E-state index contributed by atoms with van der Waals surface area (Å²) in [5, 5.41) is 11.0. The van der Waals surface area contributed by atoms with Crippen molar-refractivity contribution >= 4 is 5.97 Å². The molecule has 0 unspecified atom stereocenters. The van der Waals surface area contributed by atoms with Crippen molar-refractivity contribution in [1.29, 1.82) is 0 Å². The molecule has 0 amide bonds. The number of hydrogen-bond donors (Lipinski definition) is 1. The number of carbonyl (C=O) groups is 1. The van der Waals surface area contributed by atoms with E-state index in [9.17, 15) is 9.90 Å². The summed E-state index contributed by atoms with van der Waals surface area (Å²) in [6.07, 6.45) is -0.528. The van der Waals surface area contributed by atoms with Gasteiger partial charge >= 0.3 is 5.97 Å². The van der Waals surface area contributed by atoms with Gasteiger partial charge < -0.3 is 33.5 Å². The molecule has 8 heteroatoms. The first-order chi connectivity index (χ1) is 14.5. The van der Waals surface area contributed by atoms with Gasteiger partial charge in [-0.25, -0.2) is 0 Å². The van der Waals surface area contributed by atoms with Crippen molar-refractivity contribution in [3.8, 4) is 28.7 Å². The second kappa shape index (κ2) is 8.31. The van der Waals surface area contributed by atoms with E-state index in [-0.39, 0.29) is 19.4 Å². The van der Waals surface area contributed by atoms with Crippen molar-refractivity contribution in [2.24, 2.45) is 11.8 Å². The molecule has 1 N–H and O–H groups in total. The average Bonchev–Trinajstić information content (AvgIpc) is 3.38. The lowest BCUT2D eigenvalue weighted by Gasteiger charge is -2.22. The van der Waals surface area contributed by atoms with Crippen molar-refractivity contribution in [3.63, 3.8) is 0 Å². The molecule has 30 heavy (non-hydrogen) atoms. The molecule has 1 saturated heterocycles. The van der Waals surface area contributed by atoms with Gasteiger partial charge in [-0.15, -0.1) is 0 Å². The van der Waals surface area contributed by atoms with Crippen molar-refractivity contribution in [1.82, 2.24) is 0 Å². The van der Waals surface area contributed by atoms with Gasteiger partial charge in [0.15, 0.2) is 23.0 Å². The van der Waals surface area contributed by atoms with Gasteiger partial charge in [-0.2, -0.15) is 0 Å². The third kappa shape index (κ3) is 3.59. The van der Waals surface area contributed by atoms with Crippen LogP contribution in [0.15, 0.2) is 30.3 Å². The Bertz CT molecular complexity index is 916. The van der Waals surface area contributed by atoms with Crippen LogP contribution in [0.25, 0.3) is 0 Å². The number of benzene rings is 2. The van der Waals surface area contributed by atoms with Gasteiger partial charge in [0.1, 0.15) is 0 Å². The predicted molar refractivity (Wildman–Crippen MR) is 105 cm³/mol. The lowest BCUT2D eigenvalue weighted by molar-refractivity contribution is -0.141. The second-order valence-corrected chi connectivity index (χ2v) is 7.20. The highest BCUT2D eigenvalue weighted by atomic mass is 16.7. The molecular weight excluding hydrogens is 392 g/mol. The number of methoxy groups -OCH3 is 3. The van der Waals surface area contributed by atoms with Gasteiger partial charge in [0.05, 0.1) is 40.0 Å². The molecule has 2 aromatic rings. The monoisotopic (exact) mass is 416 g/mol. The summed E-state index contributed by atoms with van der Waals surface area (Å²) < 4.78 is 32.2. The van der Waals surface area contributed by atoms with Crippen molar-refractivity contribution in [2.75, 3.05) is 34.7 Å². The molecular formula is C22H24O8. The first kappa shape index (κ1) is 20.2. The molecule has 8 nitrogen and oxygen atoms in total. The standard InChI is InChI=1S/C22H24O8/c1-25-18-7-12(8-19(26-2)21(18)27-3)6-14-15(10-28-22(14)24)20(23)13-4-5-16-17(9-13)30-11-29-16/h4-5,7-9,14-15,20,23H,6,10-11H2,1-3H3/t14-,15-,20-/m1/s1. The third-order valence-electron chi connectivity index (χ3n) is 5.56. The quantitative estimate of drug-likeness (QED) is 0.689. The Kier molecular flexibility index (Phi) is 5.59. The minimum atomic E-state index is -0.891. The van der Waals surface area contributed by atoms with Crippen molar-refractivity contribution < 1.29 is 38.3 Å². The Balaban J connectivity index is 1.59. The highest BCUT2D eigenvalue weighted by Gasteiger charge is 2.42. The van der Waals surface area contributed by atoms with E-state index in [0.29, 0.717) is 40.7 Å². The number of hydrogen-bond acceptors (Lipinski definition) is 8. The number of cyclic esters (lactones) is 1. The normalized spacial score (nSPS) is 20.6. The van der Waals surface area contributed by atoms with Gasteiger partial charge in [-0.05, 0) is 41.8 Å². The summed E-state index contributed by atoms with van der Waals surface area (Å²) in [5.74, 6) is 1.45. The first-order valence-corrected chi connectivity index (χ1v) is 9.58. The number of aliphatic hydroxyl groups excluding tert-OH is 1. The van der Waals surface area contributed by atoms with Gasteiger partial charge in [-0.1, -0.05) is 6.07 Å². The van der Waals surface area contributed by atoms with Crippen LogP contribution in [0.5, 0.6) is 28.7 Å². The summed E-state index contributed by atoms with van der Waals surface area (Å²) in [6, 6.07) is 8.88. The summed E-state index contributed by atoms with van der Waals surface area (Å²) in [4.78, 5) is 12.5. The van der Waals surface area contributed by atoms with Gasteiger partial charge in [0.2, 0.25) is 12.5 Å². The molecule has 1 fully saturated rings. The maximum atomic E-state index is 12.5. The lowest BCUT2D eigenvalue weighted by atomic mass is 9.83. The minimum absolute atomic E-state index is 0.142. The summed E-state index contributed by atoms with van der Waals surface area (Å²) in [6.45, 7) is 0.299. The van der Waals surface area contributed by atoms with E-state index in [1.54, 1.807) is 30.3 Å². The number of esters is 1. The Labute approximate surface area is 174 Å². The molecule has 160 valence electrons. The average molecular weight is 416 g/mol. The summed E-state index contributed by atoms with van der Waals surface area (Å²) >= 11 is 0. The zero-order valence-corrected chi connectivity index (χ0v) is 17.0. The van der Waals surface area contributed by atoms with Crippen LogP contribution in [0.4, 0.5) is 0 Å². The SMILES string of the molecule is COc1cc(C[C@H]2C(=O)OC[C@H]2[C@H](O)c2ccc3c(c2)OCO3)cc(OC)c1OC. The predicted octanol–water partition coefficient (Wildman–Crippen LogP) is 2.51. The van der Waals surface area contributed by atoms with Crippen LogP contribution < -0.4 is 23.7 Å². The number of fused-ring (bicyclic) bond motifs is 1. The molecule has 2 heterocycles. The van der Waals surface area contributed by atoms with Gasteiger partial charge in [-0.3, -0.25) is 4.79 Å². The fraction of sp³-hybridized carbons (Fsp3) is 0.409. The molecule has 0 bridgehead atoms.